The summed E-state index contributed by atoms with van der Waals surface area (Å²) in [6.07, 6.45) is -4.64. The molecule has 3 N–H and O–H groups in total. The summed E-state index contributed by atoms with van der Waals surface area (Å²) in [4.78, 5) is 8.39. The molecular weight excluding hydrogens is 283 g/mol. The molecule has 0 radical (unpaired) electrons. The van der Waals surface area contributed by atoms with Crippen LogP contribution in [0.2, 0.25) is 0 Å². The molecule has 2 rings (SSSR count). The Morgan fingerprint density at radius 1 is 1.14 bits per heavy atom. The highest BCUT2D eigenvalue weighted by Gasteiger charge is 2.35. The first-order chi connectivity index (χ1) is 9.81. The molecule has 1 heterocycles. The molecule has 5 nitrogen and oxygen atoms in total. The van der Waals surface area contributed by atoms with E-state index in [-0.39, 0.29) is 11.6 Å². The van der Waals surface area contributed by atoms with E-state index < -0.39 is 12.0 Å². The zero-order valence-corrected chi connectivity index (χ0v) is 11.4. The number of rotatable bonds is 3. The van der Waals surface area contributed by atoms with Crippen LogP contribution < -0.4 is 16.2 Å². The van der Waals surface area contributed by atoms with Crippen LogP contribution in [0, 0.1) is 6.92 Å². The van der Waals surface area contributed by atoms with E-state index in [9.17, 15) is 13.2 Å². The van der Waals surface area contributed by atoms with Crippen LogP contribution in [-0.4, -0.2) is 17.0 Å². The number of benzene rings is 1. The van der Waals surface area contributed by atoms with Crippen molar-refractivity contribution in [2.45, 2.75) is 13.1 Å². The number of anilines is 3. The topological polar surface area (TPSA) is 67.1 Å². The van der Waals surface area contributed by atoms with Gasteiger partial charge >= 0.3 is 6.18 Å². The van der Waals surface area contributed by atoms with Crippen LogP contribution in [0.1, 0.15) is 11.4 Å². The van der Waals surface area contributed by atoms with Crippen LogP contribution in [0.5, 0.6) is 0 Å². The molecule has 0 saturated carbocycles. The highest BCUT2D eigenvalue weighted by molar-refractivity contribution is 5.62. The van der Waals surface area contributed by atoms with Crippen molar-refractivity contribution >= 4 is 17.3 Å². The van der Waals surface area contributed by atoms with Crippen LogP contribution in [0.25, 0.3) is 0 Å². The summed E-state index contributed by atoms with van der Waals surface area (Å²) in [5.74, 6) is 3.91. The van der Waals surface area contributed by atoms with Gasteiger partial charge in [0.15, 0.2) is 0 Å². The fraction of sp³-hybridized carbons (Fsp3) is 0.231. The third-order valence-corrected chi connectivity index (χ3v) is 2.88. The lowest BCUT2D eigenvalue weighted by Crippen LogP contribution is -2.19. The number of nitrogens with two attached hydrogens (primary N) is 1. The van der Waals surface area contributed by atoms with Gasteiger partial charge in [-0.3, -0.25) is 0 Å². The summed E-state index contributed by atoms with van der Waals surface area (Å²) >= 11 is 0. The molecule has 21 heavy (non-hydrogen) atoms. The maximum Gasteiger partial charge on any atom is 0.451 e. The number of nitrogens with one attached hydrogen (secondary N) is 1. The maximum absolute atomic E-state index is 12.8. The molecule has 0 atom stereocenters. The number of halogens is 3. The number of hydrazine groups is 1. The first kappa shape index (κ1) is 15.0. The Labute approximate surface area is 119 Å². The predicted molar refractivity (Wildman–Crippen MR) is 74.1 cm³/mol. The molecule has 2 aromatic rings. The van der Waals surface area contributed by atoms with Crippen LogP contribution in [-0.2, 0) is 6.18 Å². The Balaban J connectivity index is 2.45. The van der Waals surface area contributed by atoms with Crippen molar-refractivity contribution in [3.8, 4) is 0 Å². The molecule has 0 aliphatic rings. The van der Waals surface area contributed by atoms with Crippen LogP contribution in [0.3, 0.4) is 0 Å². The summed E-state index contributed by atoms with van der Waals surface area (Å²) in [5, 5.41) is 0. The van der Waals surface area contributed by atoms with E-state index in [2.05, 4.69) is 15.4 Å². The molecule has 0 bridgehead atoms. The lowest BCUT2D eigenvalue weighted by molar-refractivity contribution is -0.144. The SMILES string of the molecule is Cc1ccc(N(C)c2cc(NN)nc(C(F)(F)F)n2)cc1. The minimum absolute atomic E-state index is 0.0918. The Morgan fingerprint density at radius 3 is 2.29 bits per heavy atom. The van der Waals surface area contributed by atoms with E-state index in [4.69, 9.17) is 5.84 Å². The van der Waals surface area contributed by atoms with Gasteiger partial charge in [0.05, 0.1) is 0 Å². The van der Waals surface area contributed by atoms with Crippen molar-refractivity contribution in [1.29, 1.82) is 0 Å². The molecule has 0 saturated heterocycles. The number of hydrogen-bond acceptors (Lipinski definition) is 5. The summed E-state index contributed by atoms with van der Waals surface area (Å²) in [6.45, 7) is 1.92. The van der Waals surface area contributed by atoms with Gasteiger partial charge in [-0.15, -0.1) is 0 Å². The van der Waals surface area contributed by atoms with Crippen LogP contribution in [0.15, 0.2) is 30.3 Å². The second kappa shape index (κ2) is 5.57. The molecule has 0 amide bonds. The predicted octanol–water partition coefficient (Wildman–Crippen LogP) is 2.86. The van der Waals surface area contributed by atoms with Gasteiger partial charge in [-0.05, 0) is 19.1 Å². The van der Waals surface area contributed by atoms with E-state index >= 15 is 0 Å². The summed E-state index contributed by atoms with van der Waals surface area (Å²) < 4.78 is 38.4. The fourth-order valence-corrected chi connectivity index (χ4v) is 1.71. The number of aromatic nitrogens is 2. The molecule has 0 spiro atoms. The van der Waals surface area contributed by atoms with Gasteiger partial charge in [0.2, 0.25) is 5.82 Å². The molecule has 8 heteroatoms. The molecule has 1 aromatic heterocycles. The molecular formula is C13H14F3N5. The van der Waals surface area contributed by atoms with Gasteiger partial charge in [-0.2, -0.15) is 13.2 Å². The Kier molecular flexibility index (Phi) is 3.99. The monoisotopic (exact) mass is 297 g/mol. The number of nitrogens with zero attached hydrogens (tertiary/aromatic N) is 3. The van der Waals surface area contributed by atoms with Gasteiger partial charge < -0.3 is 10.3 Å². The van der Waals surface area contributed by atoms with Crippen LogP contribution >= 0.6 is 0 Å². The van der Waals surface area contributed by atoms with Gasteiger partial charge in [-0.1, -0.05) is 17.7 Å². The smallest absolute Gasteiger partial charge is 0.329 e. The normalized spacial score (nSPS) is 11.3. The Morgan fingerprint density at radius 2 is 1.76 bits per heavy atom. The Bertz CT molecular complexity index is 625. The minimum Gasteiger partial charge on any atom is -0.329 e. The minimum atomic E-state index is -4.64. The first-order valence-electron chi connectivity index (χ1n) is 6.04. The standard InChI is InChI=1S/C13H14F3N5/c1-8-3-5-9(6-4-8)21(2)11-7-10(20-17)18-12(19-11)13(14,15)16/h3-7H,17H2,1-2H3,(H,18,19,20). The van der Waals surface area contributed by atoms with Crippen molar-refractivity contribution < 1.29 is 13.2 Å². The highest BCUT2D eigenvalue weighted by Crippen LogP contribution is 2.30. The number of hydrogen-bond donors (Lipinski definition) is 2. The second-order valence-corrected chi connectivity index (χ2v) is 4.47. The van der Waals surface area contributed by atoms with Crippen LogP contribution in [0.4, 0.5) is 30.5 Å². The van der Waals surface area contributed by atoms with Gasteiger partial charge in [0.1, 0.15) is 11.6 Å². The van der Waals surface area contributed by atoms with E-state index in [1.807, 2.05) is 19.1 Å². The van der Waals surface area contributed by atoms with Crippen molar-refractivity contribution in [1.82, 2.24) is 9.97 Å². The Hall–Kier alpha value is -2.35. The van der Waals surface area contributed by atoms with Gasteiger partial charge in [0, 0.05) is 18.8 Å². The molecule has 0 fully saturated rings. The number of alkyl halides is 3. The zero-order chi connectivity index (χ0) is 15.6. The molecule has 112 valence electrons. The molecule has 0 unspecified atom stereocenters. The van der Waals surface area contributed by atoms with Gasteiger partial charge in [-0.25, -0.2) is 15.8 Å². The average molecular weight is 297 g/mol. The summed E-state index contributed by atoms with van der Waals surface area (Å²) in [5.41, 5.74) is 3.87. The second-order valence-electron chi connectivity index (χ2n) is 4.47. The van der Waals surface area contributed by atoms with E-state index in [1.165, 1.54) is 11.0 Å². The highest BCUT2D eigenvalue weighted by atomic mass is 19.4. The zero-order valence-electron chi connectivity index (χ0n) is 11.4. The van der Waals surface area contributed by atoms with Crippen molar-refractivity contribution in [3.63, 3.8) is 0 Å². The third kappa shape index (κ3) is 3.40. The van der Waals surface area contributed by atoms with Crippen molar-refractivity contribution in [3.05, 3.63) is 41.7 Å². The molecule has 0 aliphatic carbocycles. The lowest BCUT2D eigenvalue weighted by atomic mass is 10.2. The van der Waals surface area contributed by atoms with Crippen molar-refractivity contribution in [2.24, 2.45) is 5.84 Å². The van der Waals surface area contributed by atoms with E-state index in [1.54, 1.807) is 19.2 Å². The lowest BCUT2D eigenvalue weighted by Gasteiger charge is -2.20. The third-order valence-electron chi connectivity index (χ3n) is 2.88. The maximum atomic E-state index is 12.8. The summed E-state index contributed by atoms with van der Waals surface area (Å²) in [6, 6.07) is 8.65. The van der Waals surface area contributed by atoms with E-state index in [0.29, 0.717) is 5.69 Å². The first-order valence-corrected chi connectivity index (χ1v) is 6.04. The summed E-state index contributed by atoms with van der Waals surface area (Å²) in [7, 11) is 1.62. The van der Waals surface area contributed by atoms with Gasteiger partial charge in [0.25, 0.3) is 0 Å². The number of nitrogen functional groups attached to an aromatic ring is 1. The fourth-order valence-electron chi connectivity index (χ4n) is 1.71. The number of aryl methyl sites for hydroxylation is 1. The average Bonchev–Trinajstić information content (AvgIpc) is 2.46. The molecule has 1 aromatic carbocycles. The quantitative estimate of drug-likeness (QED) is 0.673. The largest absolute Gasteiger partial charge is 0.451 e. The molecule has 0 aliphatic heterocycles. The van der Waals surface area contributed by atoms with E-state index in [0.717, 1.165) is 5.56 Å². The van der Waals surface area contributed by atoms with Crippen molar-refractivity contribution in [2.75, 3.05) is 17.4 Å².